The number of fused-ring (bicyclic) bond motifs is 3. The molecule has 0 aliphatic carbocycles. The molecule has 208 valence electrons. The van der Waals surface area contributed by atoms with Gasteiger partial charge in [-0.3, -0.25) is 9.59 Å². The van der Waals surface area contributed by atoms with Gasteiger partial charge in [0.1, 0.15) is 19.0 Å². The summed E-state index contributed by atoms with van der Waals surface area (Å²) in [4.78, 5) is 28.1. The van der Waals surface area contributed by atoms with Gasteiger partial charge in [0.25, 0.3) is 11.8 Å². The Morgan fingerprint density at radius 2 is 1.66 bits per heavy atom. The Morgan fingerprint density at radius 3 is 2.46 bits per heavy atom. The van der Waals surface area contributed by atoms with Crippen LogP contribution in [0.15, 0.2) is 94.7 Å². The van der Waals surface area contributed by atoms with Crippen LogP contribution in [0.4, 0.5) is 10.1 Å². The van der Waals surface area contributed by atoms with E-state index in [1.165, 1.54) is 59.5 Å². The van der Waals surface area contributed by atoms with E-state index in [2.05, 4.69) is 5.32 Å². The van der Waals surface area contributed by atoms with Crippen LogP contribution in [0.1, 0.15) is 44.8 Å². The first-order valence-electron chi connectivity index (χ1n) is 13.0. The fourth-order valence-electron chi connectivity index (χ4n) is 4.99. The Labute approximate surface area is 236 Å². The Bertz CT molecular complexity index is 1810. The summed E-state index contributed by atoms with van der Waals surface area (Å²) in [5.41, 5.74) is 1.09. The van der Waals surface area contributed by atoms with Gasteiger partial charge in [0, 0.05) is 11.1 Å². The van der Waals surface area contributed by atoms with Crippen LogP contribution in [0, 0.1) is 5.82 Å². The van der Waals surface area contributed by atoms with E-state index in [0.717, 1.165) is 5.56 Å². The van der Waals surface area contributed by atoms with Crippen molar-refractivity contribution < 1.29 is 31.9 Å². The van der Waals surface area contributed by atoms with E-state index in [1.54, 1.807) is 24.3 Å². The summed E-state index contributed by atoms with van der Waals surface area (Å²) >= 11 is 0. The molecule has 0 spiro atoms. The summed E-state index contributed by atoms with van der Waals surface area (Å²) in [6.45, 7) is 2.47. The number of benzene rings is 4. The van der Waals surface area contributed by atoms with E-state index in [4.69, 9.17) is 9.47 Å². The third-order valence-electron chi connectivity index (χ3n) is 7.15. The highest BCUT2D eigenvalue weighted by Crippen LogP contribution is 2.39. The molecule has 2 heterocycles. The molecule has 4 aromatic carbocycles. The second-order valence-electron chi connectivity index (χ2n) is 9.76. The molecule has 0 unspecified atom stereocenters. The summed E-state index contributed by atoms with van der Waals surface area (Å²) in [7, 11) is -4.14. The topological polar surface area (TPSA) is 102 Å². The van der Waals surface area contributed by atoms with Crippen LogP contribution < -0.4 is 19.7 Å². The van der Waals surface area contributed by atoms with Gasteiger partial charge in [0.15, 0.2) is 11.5 Å². The summed E-state index contributed by atoms with van der Waals surface area (Å²) < 4.78 is 53.3. The highest BCUT2D eigenvalue weighted by Gasteiger charge is 2.36. The lowest BCUT2D eigenvalue weighted by Gasteiger charge is -2.24. The number of carbonyl (C=O) groups is 2. The molecule has 0 aromatic heterocycles. The highest BCUT2D eigenvalue weighted by molar-refractivity contribution is 7.91. The summed E-state index contributed by atoms with van der Waals surface area (Å²) in [5.74, 6) is -0.413. The molecule has 0 bridgehead atoms. The minimum absolute atomic E-state index is 0.00548. The molecule has 8 nitrogen and oxygen atoms in total. The average Bonchev–Trinajstić information content (AvgIpc) is 3.05. The maximum absolute atomic E-state index is 14.7. The molecule has 10 heteroatoms. The quantitative estimate of drug-likeness (QED) is 0.358. The fraction of sp³-hybridized carbons (Fsp3) is 0.161. The fourth-order valence-corrected chi connectivity index (χ4v) is 6.63. The predicted molar refractivity (Wildman–Crippen MR) is 149 cm³/mol. The van der Waals surface area contributed by atoms with Crippen LogP contribution in [-0.2, 0) is 16.4 Å². The number of ether oxygens (including phenoxy) is 2. The molecule has 6 rings (SSSR count). The minimum atomic E-state index is -4.14. The molecule has 0 radical (unpaired) electrons. The van der Waals surface area contributed by atoms with Gasteiger partial charge in [-0.25, -0.2) is 12.8 Å². The van der Waals surface area contributed by atoms with Crippen molar-refractivity contribution in [2.24, 2.45) is 0 Å². The lowest BCUT2D eigenvalue weighted by Crippen LogP contribution is -2.31. The van der Waals surface area contributed by atoms with E-state index >= 15 is 0 Å². The van der Waals surface area contributed by atoms with Crippen LogP contribution in [0.25, 0.3) is 0 Å². The number of nitrogens with zero attached hydrogens (tertiary/aromatic N) is 1. The Morgan fingerprint density at radius 1 is 0.927 bits per heavy atom. The van der Waals surface area contributed by atoms with Gasteiger partial charge in [0.05, 0.1) is 33.6 Å². The van der Waals surface area contributed by atoms with Gasteiger partial charge in [-0.2, -0.15) is 0 Å². The van der Waals surface area contributed by atoms with Crippen LogP contribution in [-0.4, -0.2) is 33.4 Å². The minimum Gasteiger partial charge on any atom is -0.486 e. The van der Waals surface area contributed by atoms with Gasteiger partial charge in [-0.15, -0.1) is 0 Å². The molecule has 4 aromatic rings. The van der Waals surface area contributed by atoms with Gasteiger partial charge in [-0.1, -0.05) is 36.4 Å². The number of carbonyl (C=O) groups excluding carboxylic acids is 2. The maximum Gasteiger partial charge on any atom is 0.259 e. The van der Waals surface area contributed by atoms with Crippen molar-refractivity contribution >= 4 is 27.3 Å². The summed E-state index contributed by atoms with van der Waals surface area (Å²) in [6, 6.07) is 20.9. The van der Waals surface area contributed by atoms with E-state index in [0.29, 0.717) is 24.7 Å². The van der Waals surface area contributed by atoms with Crippen molar-refractivity contribution in [1.29, 1.82) is 0 Å². The Hall–Kier alpha value is -4.70. The van der Waals surface area contributed by atoms with Crippen LogP contribution in [0.3, 0.4) is 0 Å². The van der Waals surface area contributed by atoms with E-state index < -0.39 is 33.5 Å². The zero-order valence-corrected chi connectivity index (χ0v) is 22.8. The van der Waals surface area contributed by atoms with E-state index in [1.807, 2.05) is 13.0 Å². The van der Waals surface area contributed by atoms with Crippen LogP contribution in [0.2, 0.25) is 0 Å². The first-order valence-corrected chi connectivity index (χ1v) is 14.5. The molecule has 0 saturated carbocycles. The first kappa shape index (κ1) is 26.5. The number of amides is 2. The molecule has 1 N–H and O–H groups in total. The van der Waals surface area contributed by atoms with Gasteiger partial charge in [-0.05, 0) is 61.0 Å². The molecule has 0 saturated heterocycles. The SMILES string of the molecule is C[C@H](NC(=O)c1ccc2c(c1)N(Cc1ccccc1F)C(=O)c1ccccc1S2(=O)=O)c1ccc2c(c1)OCCO2. The van der Waals surface area contributed by atoms with Crippen molar-refractivity contribution in [2.45, 2.75) is 29.3 Å². The Kier molecular flexibility index (Phi) is 6.70. The third-order valence-corrected chi connectivity index (χ3v) is 9.01. The van der Waals surface area contributed by atoms with Crippen molar-refractivity contribution in [3.8, 4) is 11.5 Å². The van der Waals surface area contributed by atoms with Crippen molar-refractivity contribution in [3.63, 3.8) is 0 Å². The summed E-state index contributed by atoms with van der Waals surface area (Å²) in [6.07, 6.45) is 0. The number of sulfone groups is 1. The van der Waals surface area contributed by atoms with Crippen molar-refractivity contribution in [3.05, 3.63) is 113 Å². The number of hydrogen-bond acceptors (Lipinski definition) is 6. The zero-order valence-electron chi connectivity index (χ0n) is 22.0. The molecule has 2 amide bonds. The van der Waals surface area contributed by atoms with Gasteiger partial charge >= 0.3 is 0 Å². The second kappa shape index (κ2) is 10.4. The van der Waals surface area contributed by atoms with Crippen LogP contribution >= 0.6 is 0 Å². The molecular formula is C31H25FN2O6S. The van der Waals surface area contributed by atoms with Crippen molar-refractivity contribution in [1.82, 2.24) is 5.32 Å². The predicted octanol–water partition coefficient (Wildman–Crippen LogP) is 5.08. The number of hydrogen-bond donors (Lipinski definition) is 1. The zero-order chi connectivity index (χ0) is 28.7. The molecular weight excluding hydrogens is 547 g/mol. The summed E-state index contributed by atoms with van der Waals surface area (Å²) in [5, 5.41) is 2.92. The first-order chi connectivity index (χ1) is 19.7. The molecule has 1 atom stereocenters. The van der Waals surface area contributed by atoms with Crippen LogP contribution in [0.5, 0.6) is 11.5 Å². The number of nitrogens with one attached hydrogen (secondary N) is 1. The maximum atomic E-state index is 14.7. The lowest BCUT2D eigenvalue weighted by molar-refractivity contribution is 0.0937. The third kappa shape index (κ3) is 4.80. The molecule has 41 heavy (non-hydrogen) atoms. The largest absolute Gasteiger partial charge is 0.486 e. The highest BCUT2D eigenvalue weighted by atomic mass is 32.2. The molecule has 2 aliphatic rings. The molecule has 2 aliphatic heterocycles. The standard InChI is InChI=1S/C31H25FN2O6S/c1-19(20-10-12-26-27(17-20)40-15-14-39-26)33-30(35)21-11-13-29-25(16-21)34(18-22-6-2-4-8-24(22)32)31(36)23-7-3-5-9-28(23)41(29,37)38/h2-13,16-17,19H,14-15,18H2,1H3,(H,33,35)/t19-/m0/s1. The smallest absolute Gasteiger partial charge is 0.259 e. The Balaban J connectivity index is 1.39. The van der Waals surface area contributed by atoms with Gasteiger partial charge < -0.3 is 19.7 Å². The lowest BCUT2D eigenvalue weighted by atomic mass is 10.1. The monoisotopic (exact) mass is 572 g/mol. The number of halogens is 1. The molecule has 0 fully saturated rings. The number of rotatable bonds is 5. The number of anilines is 1. The van der Waals surface area contributed by atoms with Crippen molar-refractivity contribution in [2.75, 3.05) is 18.1 Å². The van der Waals surface area contributed by atoms with E-state index in [-0.39, 0.29) is 38.7 Å². The average molecular weight is 573 g/mol. The normalized spacial score (nSPS) is 15.8. The van der Waals surface area contributed by atoms with Gasteiger partial charge in [0.2, 0.25) is 9.84 Å². The van der Waals surface area contributed by atoms with E-state index in [9.17, 15) is 22.4 Å². The second-order valence-corrected chi connectivity index (χ2v) is 11.6.